The number of carbonyl (C=O) groups excluding carboxylic acids is 4. The number of aliphatic hydroxyl groups is 1. The number of unbranched alkanes of at least 4 members (excludes halogenated alkanes) is 1. The van der Waals surface area contributed by atoms with Gasteiger partial charge in [-0.25, -0.2) is 9.59 Å². The van der Waals surface area contributed by atoms with Crippen molar-refractivity contribution in [3.8, 4) is 0 Å². The van der Waals surface area contributed by atoms with Crippen LogP contribution in [0.15, 0.2) is 60.7 Å². The molecule has 0 spiro atoms. The van der Waals surface area contributed by atoms with Crippen molar-refractivity contribution in [1.29, 1.82) is 0 Å². The molecular formula is C31H46N6O5. The Bertz CT molecular complexity index is 1170. The second-order valence-electron chi connectivity index (χ2n) is 11.6. The van der Waals surface area contributed by atoms with Gasteiger partial charge in [0.15, 0.2) is 0 Å². The number of primary amides is 2. The molecule has 11 nitrogen and oxygen atoms in total. The average Bonchev–Trinajstić information content (AvgIpc) is 2.92. The van der Waals surface area contributed by atoms with Gasteiger partial charge in [-0.15, -0.1) is 0 Å². The van der Waals surface area contributed by atoms with E-state index < -0.39 is 47.4 Å². The van der Waals surface area contributed by atoms with Crippen LogP contribution in [0.1, 0.15) is 58.1 Å². The van der Waals surface area contributed by atoms with Crippen molar-refractivity contribution in [3.05, 3.63) is 71.8 Å². The molecule has 2 aromatic rings. The molecule has 0 saturated carbocycles. The Balaban J connectivity index is 2.50. The average molecular weight is 583 g/mol. The Morgan fingerprint density at radius 1 is 0.905 bits per heavy atom. The normalized spacial score (nSPS) is 14.1. The molecule has 8 N–H and O–H groups in total. The number of urea groups is 2. The van der Waals surface area contributed by atoms with Gasteiger partial charge >= 0.3 is 12.1 Å². The number of hydrogen-bond donors (Lipinski definition) is 6. The van der Waals surface area contributed by atoms with Crippen molar-refractivity contribution >= 4 is 23.9 Å². The largest absolute Gasteiger partial charge is 0.391 e. The quantitative estimate of drug-likeness (QED) is 0.188. The van der Waals surface area contributed by atoms with Gasteiger partial charge in [0.05, 0.1) is 12.5 Å². The van der Waals surface area contributed by atoms with E-state index in [0.29, 0.717) is 13.0 Å². The summed E-state index contributed by atoms with van der Waals surface area (Å²) in [4.78, 5) is 53.5. The number of rotatable bonds is 15. The van der Waals surface area contributed by atoms with Crippen LogP contribution in [0.4, 0.5) is 9.59 Å². The minimum absolute atomic E-state index is 0.0553. The van der Waals surface area contributed by atoms with Crippen LogP contribution in [-0.4, -0.2) is 64.2 Å². The van der Waals surface area contributed by atoms with Crippen LogP contribution >= 0.6 is 0 Å². The highest BCUT2D eigenvalue weighted by Crippen LogP contribution is 2.30. The molecule has 0 aliphatic heterocycles. The molecule has 6 amide bonds. The maximum atomic E-state index is 13.3. The molecule has 0 bridgehead atoms. The fourth-order valence-corrected chi connectivity index (χ4v) is 4.78. The summed E-state index contributed by atoms with van der Waals surface area (Å²) in [6, 6.07) is 17.0. The van der Waals surface area contributed by atoms with E-state index in [1.807, 2.05) is 64.1 Å². The summed E-state index contributed by atoms with van der Waals surface area (Å²) < 4.78 is 0. The molecular weight excluding hydrogens is 536 g/mol. The minimum atomic E-state index is -2.07. The molecule has 0 fully saturated rings. The zero-order valence-corrected chi connectivity index (χ0v) is 25.1. The maximum absolute atomic E-state index is 13.3. The third kappa shape index (κ3) is 10.7. The zero-order chi connectivity index (χ0) is 31.3. The summed E-state index contributed by atoms with van der Waals surface area (Å²) in [5, 5.41) is 20.0. The van der Waals surface area contributed by atoms with Gasteiger partial charge in [0.25, 0.3) is 0 Å². The standard InChI is InChI=1S/C31H46N6O5/c1-5-6-17-37(29(42)36-30(2,3)4)21-25(38)24(18-22-13-9-7-10-14-22)31(27(33)40,19-26(32)39)35-28(41)34-20-23-15-11-8-12-16-23/h7-16,24-25,38H,5-6,17-21H2,1-4H3,(H2,32,39)(H2,33,40)(H,36,42)(H2,34,35,41). The van der Waals surface area contributed by atoms with Crippen LogP contribution < -0.4 is 27.4 Å². The van der Waals surface area contributed by atoms with Gasteiger partial charge in [-0.1, -0.05) is 74.0 Å². The predicted molar refractivity (Wildman–Crippen MR) is 162 cm³/mol. The Morgan fingerprint density at radius 2 is 1.48 bits per heavy atom. The highest BCUT2D eigenvalue weighted by Gasteiger charge is 2.50. The van der Waals surface area contributed by atoms with E-state index >= 15 is 0 Å². The van der Waals surface area contributed by atoms with Gasteiger partial charge in [0.2, 0.25) is 11.8 Å². The lowest BCUT2D eigenvalue weighted by Gasteiger charge is -2.42. The first kappa shape index (κ1) is 34.1. The highest BCUT2D eigenvalue weighted by molar-refractivity contribution is 5.95. The number of amides is 6. The number of hydrogen-bond acceptors (Lipinski definition) is 5. The fraction of sp³-hybridized carbons (Fsp3) is 0.484. The van der Waals surface area contributed by atoms with E-state index in [1.165, 1.54) is 4.90 Å². The van der Waals surface area contributed by atoms with Crippen molar-refractivity contribution in [3.63, 3.8) is 0 Å². The summed E-state index contributed by atoms with van der Waals surface area (Å²) in [6.45, 7) is 7.83. The third-order valence-corrected chi connectivity index (χ3v) is 6.88. The van der Waals surface area contributed by atoms with Crippen LogP contribution in [0.3, 0.4) is 0 Å². The number of nitrogens with zero attached hydrogens (tertiary/aromatic N) is 1. The van der Waals surface area contributed by atoms with Gasteiger partial charge in [-0.05, 0) is 44.7 Å². The number of nitrogens with two attached hydrogens (primary N) is 2. The fourth-order valence-electron chi connectivity index (χ4n) is 4.78. The lowest BCUT2D eigenvalue weighted by molar-refractivity contribution is -0.134. The van der Waals surface area contributed by atoms with Crippen LogP contribution in [0, 0.1) is 5.92 Å². The zero-order valence-electron chi connectivity index (χ0n) is 25.1. The van der Waals surface area contributed by atoms with Crippen molar-refractivity contribution in [1.82, 2.24) is 20.9 Å². The summed E-state index contributed by atoms with van der Waals surface area (Å²) in [7, 11) is 0. The molecule has 11 heteroatoms. The van der Waals surface area contributed by atoms with Crippen molar-refractivity contribution < 1.29 is 24.3 Å². The van der Waals surface area contributed by atoms with Crippen LogP contribution in [0.5, 0.6) is 0 Å². The molecule has 0 aliphatic carbocycles. The number of nitrogens with one attached hydrogen (secondary N) is 3. The lowest BCUT2D eigenvalue weighted by atomic mass is 9.73. The SMILES string of the molecule is CCCCN(CC(O)C(Cc1ccccc1)C(CC(N)=O)(NC(=O)NCc1ccccc1)C(N)=O)C(=O)NC(C)(C)C. The molecule has 0 radical (unpaired) electrons. The van der Waals surface area contributed by atoms with Gasteiger partial charge in [0.1, 0.15) is 5.54 Å². The van der Waals surface area contributed by atoms with E-state index in [9.17, 15) is 24.3 Å². The number of carbonyl (C=O) groups is 4. The first-order chi connectivity index (χ1) is 19.8. The molecule has 0 aromatic heterocycles. The summed E-state index contributed by atoms with van der Waals surface area (Å²) in [6.07, 6.45) is -0.498. The van der Waals surface area contributed by atoms with Gasteiger partial charge in [0, 0.05) is 31.1 Å². The van der Waals surface area contributed by atoms with Gasteiger partial charge < -0.3 is 37.4 Å². The summed E-state index contributed by atoms with van der Waals surface area (Å²) >= 11 is 0. The molecule has 42 heavy (non-hydrogen) atoms. The molecule has 0 saturated heterocycles. The smallest absolute Gasteiger partial charge is 0.317 e. The monoisotopic (exact) mass is 582 g/mol. The maximum Gasteiger partial charge on any atom is 0.317 e. The highest BCUT2D eigenvalue weighted by atomic mass is 16.3. The van der Waals surface area contributed by atoms with E-state index in [2.05, 4.69) is 16.0 Å². The summed E-state index contributed by atoms with van der Waals surface area (Å²) in [5.74, 6) is -3.05. The van der Waals surface area contributed by atoms with Gasteiger partial charge in [-0.2, -0.15) is 0 Å². The molecule has 230 valence electrons. The van der Waals surface area contributed by atoms with E-state index in [-0.39, 0.29) is 25.5 Å². The Labute approximate surface area is 248 Å². The second kappa shape index (κ2) is 15.8. The predicted octanol–water partition coefficient (Wildman–Crippen LogP) is 2.42. The van der Waals surface area contributed by atoms with Gasteiger partial charge in [-0.3, -0.25) is 9.59 Å². The molecule has 3 unspecified atom stereocenters. The first-order valence-corrected chi connectivity index (χ1v) is 14.2. The minimum Gasteiger partial charge on any atom is -0.391 e. The summed E-state index contributed by atoms with van der Waals surface area (Å²) in [5.41, 5.74) is 10.5. The second-order valence-corrected chi connectivity index (χ2v) is 11.6. The number of benzene rings is 2. The van der Waals surface area contributed by atoms with Crippen LogP contribution in [0.2, 0.25) is 0 Å². The number of aliphatic hydroxyl groups excluding tert-OH is 1. The lowest BCUT2D eigenvalue weighted by Crippen LogP contribution is -2.68. The van der Waals surface area contributed by atoms with Crippen LogP contribution in [-0.2, 0) is 22.6 Å². The Kier molecular flexibility index (Phi) is 12.8. The Hall–Kier alpha value is -4.12. The van der Waals surface area contributed by atoms with E-state index in [0.717, 1.165) is 17.5 Å². The molecule has 2 rings (SSSR count). The molecule has 0 heterocycles. The topological polar surface area (TPSA) is 180 Å². The Morgan fingerprint density at radius 3 is 1.98 bits per heavy atom. The molecule has 0 aliphatic rings. The van der Waals surface area contributed by atoms with Crippen molar-refractivity contribution in [2.24, 2.45) is 17.4 Å². The van der Waals surface area contributed by atoms with E-state index in [1.54, 1.807) is 24.3 Å². The molecule has 2 aromatic carbocycles. The third-order valence-electron chi connectivity index (χ3n) is 6.88. The van der Waals surface area contributed by atoms with E-state index in [4.69, 9.17) is 11.5 Å². The van der Waals surface area contributed by atoms with Crippen molar-refractivity contribution in [2.45, 2.75) is 77.1 Å². The van der Waals surface area contributed by atoms with Crippen LogP contribution in [0.25, 0.3) is 0 Å². The molecule has 3 atom stereocenters. The first-order valence-electron chi connectivity index (χ1n) is 14.2. The van der Waals surface area contributed by atoms with Crippen molar-refractivity contribution in [2.75, 3.05) is 13.1 Å².